The Hall–Kier alpha value is -1.44. The monoisotopic (exact) mass is 348 g/mol. The molecule has 0 unspecified atom stereocenters. The van der Waals surface area contributed by atoms with E-state index in [2.05, 4.69) is 29.0 Å². The summed E-state index contributed by atoms with van der Waals surface area (Å²) in [5.74, 6) is 0.505. The molecule has 3 atom stereocenters. The Kier molecular flexibility index (Phi) is 4.10. The molecule has 2 saturated heterocycles. The van der Waals surface area contributed by atoms with E-state index in [9.17, 15) is 4.79 Å². The van der Waals surface area contributed by atoms with Gasteiger partial charge in [-0.3, -0.25) is 14.1 Å². The summed E-state index contributed by atoms with van der Waals surface area (Å²) >= 11 is 1.55. The van der Waals surface area contributed by atoms with Crippen molar-refractivity contribution in [2.75, 3.05) is 19.7 Å². The molecule has 0 aliphatic carbocycles. The molecule has 4 heterocycles. The molecule has 130 valence electrons. The van der Waals surface area contributed by atoms with E-state index < -0.39 is 0 Å². The van der Waals surface area contributed by atoms with Crippen LogP contribution in [0, 0.1) is 12.8 Å². The zero-order valence-corrected chi connectivity index (χ0v) is 15.2. The normalized spacial score (nSPS) is 27.8. The summed E-state index contributed by atoms with van der Waals surface area (Å²) in [6, 6.07) is 0.610. The van der Waals surface area contributed by atoms with Gasteiger partial charge in [-0.25, -0.2) is 4.98 Å². The molecule has 0 radical (unpaired) electrons. The molecule has 0 saturated carbocycles. The summed E-state index contributed by atoms with van der Waals surface area (Å²) in [4.78, 5) is 20.6. The lowest BCUT2D eigenvalue weighted by atomic mass is 10.0. The first-order valence-corrected chi connectivity index (χ1v) is 9.49. The van der Waals surface area contributed by atoms with Gasteiger partial charge >= 0.3 is 0 Å². The van der Waals surface area contributed by atoms with Crippen molar-refractivity contribution >= 4 is 22.2 Å². The van der Waals surface area contributed by atoms with Crippen LogP contribution in [-0.2, 0) is 4.74 Å². The highest BCUT2D eigenvalue weighted by molar-refractivity contribution is 7.15. The highest BCUT2D eigenvalue weighted by Crippen LogP contribution is 2.26. The number of aryl methyl sites for hydroxylation is 1. The minimum atomic E-state index is -0.0235. The number of carbonyl (C=O) groups excluding carboxylic acids is 1. The molecule has 0 aromatic carbocycles. The summed E-state index contributed by atoms with van der Waals surface area (Å²) in [5.41, 5.74) is 1.45. The van der Waals surface area contributed by atoms with Crippen LogP contribution in [0.15, 0.2) is 11.6 Å². The summed E-state index contributed by atoms with van der Waals surface area (Å²) in [6.45, 7) is 8.95. The molecule has 2 aromatic rings. The number of nitrogens with zero attached hydrogens (tertiary/aromatic N) is 3. The van der Waals surface area contributed by atoms with Gasteiger partial charge in [0.2, 0.25) is 0 Å². The summed E-state index contributed by atoms with van der Waals surface area (Å²) in [6.07, 6.45) is 3.17. The number of hydrogen-bond acceptors (Lipinski definition) is 5. The van der Waals surface area contributed by atoms with Gasteiger partial charge in [-0.15, -0.1) is 11.3 Å². The van der Waals surface area contributed by atoms with Gasteiger partial charge in [0.15, 0.2) is 4.96 Å². The Labute approximate surface area is 145 Å². The number of hydrogen-bond donors (Lipinski definition) is 1. The fourth-order valence-electron chi connectivity index (χ4n) is 3.83. The predicted octanol–water partition coefficient (Wildman–Crippen LogP) is 1.93. The number of thiazole rings is 1. The number of amides is 1. The van der Waals surface area contributed by atoms with Gasteiger partial charge < -0.3 is 10.1 Å². The Morgan fingerprint density at radius 1 is 1.46 bits per heavy atom. The first kappa shape index (κ1) is 16.1. The van der Waals surface area contributed by atoms with E-state index in [0.717, 1.165) is 36.8 Å². The van der Waals surface area contributed by atoms with Crippen LogP contribution >= 0.6 is 11.3 Å². The summed E-state index contributed by atoms with van der Waals surface area (Å²) < 4.78 is 7.86. The fourth-order valence-corrected chi connectivity index (χ4v) is 4.59. The lowest BCUT2D eigenvalue weighted by Gasteiger charge is -2.36. The van der Waals surface area contributed by atoms with Gasteiger partial charge in [0, 0.05) is 36.8 Å². The molecule has 24 heavy (non-hydrogen) atoms. The zero-order chi connectivity index (χ0) is 16.8. The van der Waals surface area contributed by atoms with Crippen LogP contribution in [0.4, 0.5) is 0 Å². The highest BCUT2D eigenvalue weighted by Gasteiger charge is 2.38. The van der Waals surface area contributed by atoms with E-state index in [0.29, 0.717) is 23.8 Å². The van der Waals surface area contributed by atoms with Crippen molar-refractivity contribution in [1.82, 2.24) is 19.6 Å². The molecule has 2 aromatic heterocycles. The van der Waals surface area contributed by atoms with Crippen molar-refractivity contribution in [1.29, 1.82) is 0 Å². The van der Waals surface area contributed by atoms with E-state index in [1.54, 1.807) is 11.3 Å². The Morgan fingerprint density at radius 2 is 2.29 bits per heavy atom. The van der Waals surface area contributed by atoms with Crippen molar-refractivity contribution in [3.05, 3.63) is 23.0 Å². The largest absolute Gasteiger partial charge is 0.375 e. The van der Waals surface area contributed by atoms with Gasteiger partial charge in [-0.2, -0.15) is 0 Å². The molecule has 2 fully saturated rings. The highest BCUT2D eigenvalue weighted by atomic mass is 32.1. The lowest BCUT2D eigenvalue weighted by molar-refractivity contribution is -0.0683. The number of fused-ring (bicyclic) bond motifs is 2. The molecule has 0 bridgehead atoms. The van der Waals surface area contributed by atoms with E-state index in [-0.39, 0.29) is 11.9 Å². The van der Waals surface area contributed by atoms with E-state index in [1.807, 2.05) is 22.9 Å². The average molecular weight is 348 g/mol. The van der Waals surface area contributed by atoms with Crippen molar-refractivity contribution in [3.8, 4) is 0 Å². The number of aromatic nitrogens is 2. The van der Waals surface area contributed by atoms with Gasteiger partial charge in [-0.1, -0.05) is 13.8 Å². The molecule has 1 N–H and O–H groups in total. The van der Waals surface area contributed by atoms with Crippen molar-refractivity contribution in [2.24, 2.45) is 5.92 Å². The number of ether oxygens (including phenoxy) is 1. The molecule has 2 aliphatic heterocycles. The van der Waals surface area contributed by atoms with Crippen LogP contribution in [0.2, 0.25) is 0 Å². The SMILES string of the molecule is Cc1nc2sccn2c1C(=O)N[C@@H]1C[C@H]2CO[C@@H](C(C)C)CN2C1. The molecule has 7 heteroatoms. The van der Waals surface area contributed by atoms with Gasteiger partial charge in [0.25, 0.3) is 5.91 Å². The third-order valence-corrected chi connectivity index (χ3v) is 5.93. The maximum Gasteiger partial charge on any atom is 0.270 e. The van der Waals surface area contributed by atoms with E-state index in [1.165, 1.54) is 0 Å². The molecule has 4 rings (SSSR count). The molecule has 6 nitrogen and oxygen atoms in total. The summed E-state index contributed by atoms with van der Waals surface area (Å²) in [5, 5.41) is 5.17. The standard InChI is InChI=1S/C17H24N4O2S/c1-10(2)14-8-20-7-12(6-13(20)9-23-14)19-16(22)15-11(3)18-17-21(15)4-5-24-17/h4-5,10,12-14H,6-9H2,1-3H3,(H,19,22)/t12-,13+,14-/m1/s1. The van der Waals surface area contributed by atoms with Gasteiger partial charge in [0.1, 0.15) is 5.69 Å². The number of imidazole rings is 1. The maximum absolute atomic E-state index is 12.8. The number of carbonyl (C=O) groups is 1. The van der Waals surface area contributed by atoms with Crippen LogP contribution in [0.25, 0.3) is 4.96 Å². The lowest BCUT2D eigenvalue weighted by Crippen LogP contribution is -2.48. The van der Waals surface area contributed by atoms with Crippen molar-refractivity contribution < 1.29 is 9.53 Å². The minimum Gasteiger partial charge on any atom is -0.375 e. The zero-order valence-electron chi connectivity index (χ0n) is 14.4. The maximum atomic E-state index is 12.8. The minimum absolute atomic E-state index is 0.0235. The quantitative estimate of drug-likeness (QED) is 0.921. The first-order valence-electron chi connectivity index (χ1n) is 8.61. The number of rotatable bonds is 3. The molecule has 2 aliphatic rings. The number of nitrogens with one attached hydrogen (secondary N) is 1. The van der Waals surface area contributed by atoms with Crippen LogP contribution in [0.1, 0.15) is 36.5 Å². The average Bonchev–Trinajstić information content (AvgIpc) is 3.18. The van der Waals surface area contributed by atoms with Gasteiger partial charge in [0.05, 0.1) is 18.4 Å². The van der Waals surface area contributed by atoms with Crippen LogP contribution < -0.4 is 5.32 Å². The smallest absolute Gasteiger partial charge is 0.270 e. The predicted molar refractivity (Wildman–Crippen MR) is 93.6 cm³/mol. The molecule has 0 spiro atoms. The molecular weight excluding hydrogens is 324 g/mol. The third kappa shape index (κ3) is 2.74. The Balaban J connectivity index is 1.44. The van der Waals surface area contributed by atoms with E-state index in [4.69, 9.17) is 4.74 Å². The second kappa shape index (κ2) is 6.13. The molecular formula is C17H24N4O2S. The Bertz CT molecular complexity index is 753. The summed E-state index contributed by atoms with van der Waals surface area (Å²) in [7, 11) is 0. The van der Waals surface area contributed by atoms with Gasteiger partial charge in [-0.05, 0) is 19.3 Å². The van der Waals surface area contributed by atoms with Crippen molar-refractivity contribution in [2.45, 2.75) is 45.4 Å². The first-order chi connectivity index (χ1) is 11.5. The van der Waals surface area contributed by atoms with Crippen LogP contribution in [0.3, 0.4) is 0 Å². The second-order valence-electron chi connectivity index (χ2n) is 7.23. The van der Waals surface area contributed by atoms with Crippen molar-refractivity contribution in [3.63, 3.8) is 0 Å². The third-order valence-electron chi connectivity index (χ3n) is 5.18. The molecule has 1 amide bonds. The topological polar surface area (TPSA) is 58.9 Å². The number of morpholine rings is 1. The van der Waals surface area contributed by atoms with Crippen LogP contribution in [0.5, 0.6) is 0 Å². The second-order valence-corrected chi connectivity index (χ2v) is 8.10. The van der Waals surface area contributed by atoms with E-state index >= 15 is 0 Å². The fraction of sp³-hybridized carbons (Fsp3) is 0.647. The van der Waals surface area contributed by atoms with Crippen LogP contribution in [-0.4, -0.2) is 58.1 Å². The Morgan fingerprint density at radius 3 is 3.08 bits per heavy atom.